The predicted octanol–water partition coefficient (Wildman–Crippen LogP) is 3.09. The third-order valence-electron chi connectivity index (χ3n) is 3.05. The SMILES string of the molecule is CCOC(=O)c1sc(N/N=C/c2cccc(OC)c2OC)nc1C. The number of aryl methyl sites for hydroxylation is 1. The van der Waals surface area contributed by atoms with Crippen molar-refractivity contribution in [2.24, 2.45) is 5.10 Å². The summed E-state index contributed by atoms with van der Waals surface area (Å²) in [6.45, 7) is 3.84. The molecule has 2 rings (SSSR count). The van der Waals surface area contributed by atoms with Crippen molar-refractivity contribution in [3.05, 3.63) is 34.3 Å². The van der Waals surface area contributed by atoms with Gasteiger partial charge < -0.3 is 14.2 Å². The third-order valence-corrected chi connectivity index (χ3v) is 4.10. The molecule has 0 unspecified atom stereocenters. The van der Waals surface area contributed by atoms with Crippen molar-refractivity contribution in [2.75, 3.05) is 26.3 Å². The van der Waals surface area contributed by atoms with Gasteiger partial charge in [-0.2, -0.15) is 5.10 Å². The van der Waals surface area contributed by atoms with Crippen molar-refractivity contribution in [3.63, 3.8) is 0 Å². The largest absolute Gasteiger partial charge is 0.493 e. The summed E-state index contributed by atoms with van der Waals surface area (Å²) in [5.74, 6) is 0.836. The molecule has 24 heavy (non-hydrogen) atoms. The lowest BCUT2D eigenvalue weighted by molar-refractivity contribution is 0.0531. The number of thiazole rings is 1. The number of hydrogen-bond donors (Lipinski definition) is 1. The normalized spacial score (nSPS) is 10.7. The molecule has 7 nitrogen and oxygen atoms in total. The number of nitrogens with one attached hydrogen (secondary N) is 1. The molecule has 0 aliphatic rings. The van der Waals surface area contributed by atoms with E-state index in [1.165, 1.54) is 11.3 Å². The zero-order valence-electron chi connectivity index (χ0n) is 14.0. The number of aromatic nitrogens is 1. The number of esters is 1. The van der Waals surface area contributed by atoms with Crippen LogP contribution in [0.4, 0.5) is 5.13 Å². The van der Waals surface area contributed by atoms with E-state index in [0.29, 0.717) is 33.8 Å². The Morgan fingerprint density at radius 3 is 2.83 bits per heavy atom. The monoisotopic (exact) mass is 349 g/mol. The summed E-state index contributed by atoms with van der Waals surface area (Å²) in [6.07, 6.45) is 1.60. The first-order valence-electron chi connectivity index (χ1n) is 7.25. The zero-order valence-corrected chi connectivity index (χ0v) is 14.8. The molecule has 0 saturated heterocycles. The Balaban J connectivity index is 2.13. The van der Waals surface area contributed by atoms with Crippen molar-refractivity contribution in [1.29, 1.82) is 0 Å². The number of nitrogens with zero attached hydrogens (tertiary/aromatic N) is 2. The molecule has 1 aromatic heterocycles. The summed E-state index contributed by atoms with van der Waals surface area (Å²) in [5, 5.41) is 4.65. The van der Waals surface area contributed by atoms with Gasteiger partial charge in [0.2, 0.25) is 5.13 Å². The molecule has 1 heterocycles. The Morgan fingerprint density at radius 1 is 1.38 bits per heavy atom. The first-order valence-corrected chi connectivity index (χ1v) is 8.07. The second kappa shape index (κ2) is 8.30. The summed E-state index contributed by atoms with van der Waals surface area (Å²) < 4.78 is 15.6. The van der Waals surface area contributed by atoms with Gasteiger partial charge in [0, 0.05) is 5.56 Å². The molecule has 0 saturated carbocycles. The van der Waals surface area contributed by atoms with Gasteiger partial charge in [-0.1, -0.05) is 17.4 Å². The number of carbonyl (C=O) groups excluding carboxylic acids is 1. The first-order chi connectivity index (χ1) is 11.6. The lowest BCUT2D eigenvalue weighted by Crippen LogP contribution is -2.03. The van der Waals surface area contributed by atoms with E-state index in [1.54, 1.807) is 40.3 Å². The number of carbonyl (C=O) groups is 1. The van der Waals surface area contributed by atoms with E-state index in [-0.39, 0.29) is 5.97 Å². The molecule has 0 fully saturated rings. The fraction of sp³-hybridized carbons (Fsp3) is 0.312. The van der Waals surface area contributed by atoms with Crippen molar-refractivity contribution in [3.8, 4) is 11.5 Å². The topological polar surface area (TPSA) is 82.0 Å². The van der Waals surface area contributed by atoms with Gasteiger partial charge in [-0.15, -0.1) is 0 Å². The van der Waals surface area contributed by atoms with Crippen LogP contribution in [0.25, 0.3) is 0 Å². The number of methoxy groups -OCH3 is 2. The van der Waals surface area contributed by atoms with E-state index in [1.807, 2.05) is 12.1 Å². The molecule has 1 aromatic carbocycles. The fourth-order valence-electron chi connectivity index (χ4n) is 2.00. The molecule has 2 aromatic rings. The molecule has 0 spiro atoms. The van der Waals surface area contributed by atoms with Crippen LogP contribution < -0.4 is 14.9 Å². The summed E-state index contributed by atoms with van der Waals surface area (Å²) in [7, 11) is 3.14. The maximum atomic E-state index is 11.8. The predicted molar refractivity (Wildman–Crippen MR) is 93.6 cm³/mol. The molecule has 1 N–H and O–H groups in total. The number of ether oxygens (including phenoxy) is 3. The molecule has 0 atom stereocenters. The van der Waals surface area contributed by atoms with Gasteiger partial charge in [0.25, 0.3) is 0 Å². The van der Waals surface area contributed by atoms with Gasteiger partial charge in [0.05, 0.1) is 32.7 Å². The summed E-state index contributed by atoms with van der Waals surface area (Å²) in [6, 6.07) is 5.50. The van der Waals surface area contributed by atoms with E-state index in [0.717, 1.165) is 5.56 Å². The number of benzene rings is 1. The van der Waals surface area contributed by atoms with Gasteiger partial charge in [0.15, 0.2) is 11.5 Å². The number of rotatable bonds is 7. The molecular formula is C16H19N3O4S. The second-order valence-corrected chi connectivity index (χ2v) is 5.61. The highest BCUT2D eigenvalue weighted by Crippen LogP contribution is 2.29. The van der Waals surface area contributed by atoms with Crippen LogP contribution >= 0.6 is 11.3 Å². The first kappa shape index (κ1) is 17.7. The smallest absolute Gasteiger partial charge is 0.350 e. The van der Waals surface area contributed by atoms with E-state index < -0.39 is 0 Å². The third kappa shape index (κ3) is 4.02. The Hall–Kier alpha value is -2.61. The highest BCUT2D eigenvalue weighted by Gasteiger charge is 2.16. The van der Waals surface area contributed by atoms with Crippen LogP contribution in [0.2, 0.25) is 0 Å². The standard InChI is InChI=1S/C16H19N3O4S/c1-5-23-15(20)14-10(2)18-16(24-14)19-17-9-11-7-6-8-12(21-3)13(11)22-4/h6-9H,5H2,1-4H3,(H,18,19)/b17-9+. The number of hydrazone groups is 1. The highest BCUT2D eigenvalue weighted by atomic mass is 32.1. The van der Waals surface area contributed by atoms with Crippen LogP contribution in [0.1, 0.15) is 27.9 Å². The van der Waals surface area contributed by atoms with E-state index in [9.17, 15) is 4.79 Å². The maximum absolute atomic E-state index is 11.8. The van der Waals surface area contributed by atoms with Gasteiger partial charge >= 0.3 is 5.97 Å². The Bertz CT molecular complexity index is 743. The molecule has 0 bridgehead atoms. The Labute approximate surface area is 144 Å². The van der Waals surface area contributed by atoms with Gasteiger partial charge in [-0.3, -0.25) is 5.43 Å². The molecule has 0 amide bonds. The molecule has 0 radical (unpaired) electrons. The molecule has 128 valence electrons. The minimum atomic E-state index is -0.376. The molecule has 8 heteroatoms. The maximum Gasteiger partial charge on any atom is 0.350 e. The molecule has 0 aliphatic carbocycles. The van der Waals surface area contributed by atoms with Gasteiger partial charge in [-0.05, 0) is 26.0 Å². The quantitative estimate of drug-likeness (QED) is 0.470. The lowest BCUT2D eigenvalue weighted by Gasteiger charge is -2.09. The summed E-state index contributed by atoms with van der Waals surface area (Å²) in [5.41, 5.74) is 4.17. The van der Waals surface area contributed by atoms with Crippen LogP contribution in [0.15, 0.2) is 23.3 Å². The number of anilines is 1. The van der Waals surface area contributed by atoms with Crippen molar-refractivity contribution in [2.45, 2.75) is 13.8 Å². The van der Waals surface area contributed by atoms with Crippen LogP contribution in [0, 0.1) is 6.92 Å². The van der Waals surface area contributed by atoms with Crippen molar-refractivity contribution < 1.29 is 19.0 Å². The van der Waals surface area contributed by atoms with Crippen LogP contribution in [0.3, 0.4) is 0 Å². The average Bonchev–Trinajstić information content (AvgIpc) is 2.95. The van der Waals surface area contributed by atoms with Gasteiger partial charge in [0.1, 0.15) is 4.88 Å². The highest BCUT2D eigenvalue weighted by molar-refractivity contribution is 7.17. The van der Waals surface area contributed by atoms with E-state index in [2.05, 4.69) is 15.5 Å². The van der Waals surface area contributed by atoms with Crippen LogP contribution in [-0.4, -0.2) is 38.0 Å². The molecule has 0 aliphatic heterocycles. The summed E-state index contributed by atoms with van der Waals surface area (Å²) in [4.78, 5) is 16.5. The zero-order chi connectivity index (χ0) is 17.5. The Morgan fingerprint density at radius 2 is 2.17 bits per heavy atom. The minimum Gasteiger partial charge on any atom is -0.493 e. The van der Waals surface area contributed by atoms with E-state index >= 15 is 0 Å². The van der Waals surface area contributed by atoms with Gasteiger partial charge in [-0.25, -0.2) is 9.78 Å². The van der Waals surface area contributed by atoms with Crippen LogP contribution in [0.5, 0.6) is 11.5 Å². The second-order valence-electron chi connectivity index (χ2n) is 4.61. The molecular weight excluding hydrogens is 330 g/mol. The fourth-order valence-corrected chi connectivity index (χ4v) is 2.81. The van der Waals surface area contributed by atoms with Crippen molar-refractivity contribution in [1.82, 2.24) is 4.98 Å². The average molecular weight is 349 g/mol. The van der Waals surface area contributed by atoms with Crippen molar-refractivity contribution >= 4 is 28.7 Å². The van der Waals surface area contributed by atoms with E-state index in [4.69, 9.17) is 14.2 Å². The minimum absolute atomic E-state index is 0.326. The van der Waals surface area contributed by atoms with Crippen LogP contribution in [-0.2, 0) is 4.74 Å². The number of para-hydroxylation sites is 1. The summed E-state index contributed by atoms with van der Waals surface area (Å²) >= 11 is 1.19. The Kier molecular flexibility index (Phi) is 6.14. The number of hydrogen-bond acceptors (Lipinski definition) is 8. The lowest BCUT2D eigenvalue weighted by atomic mass is 10.2.